The zero-order valence-corrected chi connectivity index (χ0v) is 7.47. The molecule has 0 spiro atoms. The van der Waals surface area contributed by atoms with Gasteiger partial charge in [0.15, 0.2) is 5.96 Å². The third-order valence-electron chi connectivity index (χ3n) is 1.02. The summed E-state index contributed by atoms with van der Waals surface area (Å²) in [7, 11) is 1.69. The summed E-state index contributed by atoms with van der Waals surface area (Å²) in [5.74, 6) is 0.257. The van der Waals surface area contributed by atoms with Crippen LogP contribution in [0.3, 0.4) is 0 Å². The van der Waals surface area contributed by atoms with Gasteiger partial charge in [-0.1, -0.05) is 0 Å². The molecule has 1 aliphatic heterocycles. The predicted molar refractivity (Wildman–Crippen MR) is 44.9 cm³/mol. The van der Waals surface area contributed by atoms with Gasteiger partial charge in [0.1, 0.15) is 5.78 Å². The smallest absolute Gasteiger partial charge is 0.246 e. The molecule has 0 bridgehead atoms. The van der Waals surface area contributed by atoms with E-state index in [1.807, 2.05) is 0 Å². The second-order valence-electron chi connectivity index (χ2n) is 2.66. The van der Waals surface area contributed by atoms with Crippen LogP contribution in [-0.4, -0.2) is 36.1 Å². The van der Waals surface area contributed by atoms with Gasteiger partial charge in [-0.25, -0.2) is 0 Å². The Kier molecular flexibility index (Phi) is 3.96. The first-order valence-corrected chi connectivity index (χ1v) is 3.50. The van der Waals surface area contributed by atoms with Gasteiger partial charge in [0.05, 0.1) is 6.54 Å². The van der Waals surface area contributed by atoms with E-state index in [-0.39, 0.29) is 17.6 Å². The molecule has 12 heavy (non-hydrogen) atoms. The van der Waals surface area contributed by atoms with Gasteiger partial charge in [-0.3, -0.25) is 15.5 Å². The maximum atomic E-state index is 10.4. The van der Waals surface area contributed by atoms with Gasteiger partial charge < -0.3 is 9.69 Å². The molecule has 0 aromatic heterocycles. The van der Waals surface area contributed by atoms with Crippen LogP contribution in [0.4, 0.5) is 0 Å². The highest BCUT2D eigenvalue weighted by Gasteiger charge is 2.18. The minimum absolute atomic E-state index is 0.0995. The Balaban J connectivity index is 0.000000261. The summed E-state index contributed by atoms with van der Waals surface area (Å²) in [6.45, 7) is 3.37. The molecule has 0 radical (unpaired) electrons. The highest BCUT2D eigenvalue weighted by Crippen LogP contribution is 1.89. The number of likely N-dealkylation sites (N-methyl/N-ethyl adjacent to an activating group) is 1. The highest BCUT2D eigenvalue weighted by molar-refractivity contribution is 6.02. The van der Waals surface area contributed by atoms with E-state index in [0.29, 0.717) is 6.54 Å². The minimum Gasteiger partial charge on any atom is -0.337 e. The van der Waals surface area contributed by atoms with E-state index >= 15 is 0 Å². The summed E-state index contributed by atoms with van der Waals surface area (Å²) < 4.78 is 0. The summed E-state index contributed by atoms with van der Waals surface area (Å²) in [4.78, 5) is 21.4. The molecule has 0 saturated carbocycles. The Morgan fingerprint density at radius 2 is 2.00 bits per heavy atom. The van der Waals surface area contributed by atoms with Crippen molar-refractivity contribution in [3.63, 3.8) is 0 Å². The van der Waals surface area contributed by atoms with Gasteiger partial charge in [0.2, 0.25) is 5.91 Å². The summed E-state index contributed by atoms with van der Waals surface area (Å²) in [5.41, 5.74) is 0. The highest BCUT2D eigenvalue weighted by atomic mass is 16.2. The number of hydrogen-bond acceptors (Lipinski definition) is 3. The first kappa shape index (κ1) is 10.6. The van der Waals surface area contributed by atoms with E-state index in [2.05, 4.69) is 5.32 Å². The third kappa shape index (κ3) is 4.43. The number of carbonyl (C=O) groups is 2. The van der Waals surface area contributed by atoms with Crippen LogP contribution in [0.2, 0.25) is 0 Å². The Morgan fingerprint density at radius 1 is 1.58 bits per heavy atom. The van der Waals surface area contributed by atoms with Crippen molar-refractivity contribution in [1.82, 2.24) is 10.2 Å². The second kappa shape index (κ2) is 4.48. The number of nitrogens with zero attached hydrogens (tertiary/aromatic N) is 1. The van der Waals surface area contributed by atoms with Crippen LogP contribution in [-0.2, 0) is 9.59 Å². The fourth-order valence-corrected chi connectivity index (χ4v) is 0.561. The quantitative estimate of drug-likeness (QED) is 0.519. The standard InChI is InChI=1S/C4H7N3O.C3H6O/c1-7-2-3(8)6-4(7)5;1-3(2)4/h2H2,1H3,(H2,5,6,8);1-2H3. The lowest BCUT2D eigenvalue weighted by Gasteiger charge is -2.03. The van der Waals surface area contributed by atoms with Crippen molar-refractivity contribution in [3.8, 4) is 0 Å². The van der Waals surface area contributed by atoms with E-state index in [4.69, 9.17) is 5.41 Å². The topological polar surface area (TPSA) is 73.3 Å². The Hall–Kier alpha value is -1.39. The van der Waals surface area contributed by atoms with Gasteiger partial charge in [-0.15, -0.1) is 0 Å². The van der Waals surface area contributed by atoms with Crippen LogP contribution in [0.25, 0.3) is 0 Å². The maximum absolute atomic E-state index is 10.4. The monoisotopic (exact) mass is 171 g/mol. The van der Waals surface area contributed by atoms with Crippen LogP contribution >= 0.6 is 0 Å². The second-order valence-corrected chi connectivity index (χ2v) is 2.66. The van der Waals surface area contributed by atoms with Crippen LogP contribution in [0.1, 0.15) is 13.8 Å². The molecule has 1 heterocycles. The number of hydrogen-bond donors (Lipinski definition) is 2. The molecule has 0 aliphatic carbocycles. The summed E-state index contributed by atoms with van der Waals surface area (Å²) in [5, 5.41) is 9.32. The van der Waals surface area contributed by atoms with Gasteiger partial charge in [-0.05, 0) is 13.8 Å². The van der Waals surface area contributed by atoms with Crippen LogP contribution in [0, 0.1) is 5.41 Å². The lowest BCUT2D eigenvalue weighted by atomic mass is 10.6. The maximum Gasteiger partial charge on any atom is 0.246 e. The first-order chi connectivity index (χ1) is 5.43. The molecule has 2 N–H and O–H groups in total. The zero-order chi connectivity index (χ0) is 9.72. The molecule has 5 nitrogen and oxygen atoms in total. The van der Waals surface area contributed by atoms with E-state index in [1.165, 1.54) is 13.8 Å². The van der Waals surface area contributed by atoms with E-state index in [0.717, 1.165) is 0 Å². The van der Waals surface area contributed by atoms with Crippen molar-refractivity contribution in [2.45, 2.75) is 13.8 Å². The molecular weight excluding hydrogens is 158 g/mol. The molecule has 1 amide bonds. The van der Waals surface area contributed by atoms with Crippen LogP contribution in [0.5, 0.6) is 0 Å². The molecule has 0 unspecified atom stereocenters. The number of nitrogens with one attached hydrogen (secondary N) is 2. The molecule has 68 valence electrons. The fraction of sp³-hybridized carbons (Fsp3) is 0.571. The lowest BCUT2D eigenvalue weighted by Crippen LogP contribution is -2.25. The van der Waals surface area contributed by atoms with Crippen molar-refractivity contribution in [3.05, 3.63) is 0 Å². The molecule has 1 aliphatic rings. The first-order valence-electron chi connectivity index (χ1n) is 3.50. The molecule has 1 rings (SSSR count). The summed E-state index contributed by atoms with van der Waals surface area (Å²) in [6.07, 6.45) is 0. The molecule has 0 atom stereocenters. The Bertz CT molecular complexity index is 209. The Morgan fingerprint density at radius 3 is 2.08 bits per heavy atom. The van der Waals surface area contributed by atoms with Gasteiger partial charge in [-0.2, -0.15) is 0 Å². The van der Waals surface area contributed by atoms with E-state index in [9.17, 15) is 9.59 Å². The number of guanidine groups is 1. The average Bonchev–Trinajstić information content (AvgIpc) is 2.08. The fourth-order valence-electron chi connectivity index (χ4n) is 0.561. The predicted octanol–water partition coefficient (Wildman–Crippen LogP) is -0.422. The van der Waals surface area contributed by atoms with E-state index < -0.39 is 0 Å². The number of Topliss-reactive ketones (excluding diaryl/α,β-unsaturated/α-hetero) is 1. The third-order valence-corrected chi connectivity index (χ3v) is 1.02. The molecular formula is C7H13N3O2. The Labute approximate surface area is 71.2 Å². The van der Waals surface area contributed by atoms with Gasteiger partial charge in [0.25, 0.3) is 0 Å². The van der Waals surface area contributed by atoms with Crippen molar-refractivity contribution >= 4 is 17.6 Å². The average molecular weight is 171 g/mol. The number of rotatable bonds is 0. The van der Waals surface area contributed by atoms with Crippen molar-refractivity contribution in [1.29, 1.82) is 5.41 Å². The number of amides is 1. The number of carbonyl (C=O) groups excluding carboxylic acids is 2. The van der Waals surface area contributed by atoms with Crippen molar-refractivity contribution in [2.24, 2.45) is 0 Å². The zero-order valence-electron chi connectivity index (χ0n) is 7.47. The van der Waals surface area contributed by atoms with Gasteiger partial charge in [0, 0.05) is 7.05 Å². The van der Waals surface area contributed by atoms with Crippen LogP contribution in [0.15, 0.2) is 0 Å². The molecule has 0 aromatic carbocycles. The number of ketones is 1. The van der Waals surface area contributed by atoms with E-state index in [1.54, 1.807) is 11.9 Å². The van der Waals surface area contributed by atoms with Crippen molar-refractivity contribution < 1.29 is 9.59 Å². The largest absolute Gasteiger partial charge is 0.337 e. The van der Waals surface area contributed by atoms with Crippen LogP contribution < -0.4 is 5.32 Å². The van der Waals surface area contributed by atoms with Gasteiger partial charge >= 0.3 is 0 Å². The molecule has 5 heteroatoms. The SMILES string of the molecule is CC(C)=O.CN1CC(=O)NC1=N. The summed E-state index contributed by atoms with van der Waals surface area (Å²) >= 11 is 0. The summed E-state index contributed by atoms with van der Waals surface area (Å²) in [6, 6.07) is 0. The minimum atomic E-state index is -0.0995. The van der Waals surface area contributed by atoms with Crippen molar-refractivity contribution in [2.75, 3.05) is 13.6 Å². The normalized spacial score (nSPS) is 15.1. The lowest BCUT2D eigenvalue weighted by molar-refractivity contribution is -0.118. The molecule has 1 saturated heterocycles. The molecule has 0 aromatic rings. The molecule has 1 fully saturated rings.